The van der Waals surface area contributed by atoms with Crippen molar-refractivity contribution in [2.24, 2.45) is 5.41 Å². The topological polar surface area (TPSA) is 87.3 Å². The van der Waals surface area contributed by atoms with Crippen LogP contribution in [0.25, 0.3) is 11.1 Å². The van der Waals surface area contributed by atoms with Gasteiger partial charge in [0.1, 0.15) is 17.7 Å². The Balaban J connectivity index is 1.73. The van der Waals surface area contributed by atoms with Gasteiger partial charge in [-0.25, -0.2) is 17.3 Å². The van der Waals surface area contributed by atoms with Gasteiger partial charge in [-0.2, -0.15) is 10.4 Å². The molecule has 0 saturated heterocycles. The molecule has 8 heteroatoms. The summed E-state index contributed by atoms with van der Waals surface area (Å²) in [5, 5.41) is 14.0. The minimum absolute atomic E-state index is 0.0138. The number of nitrogens with zero attached hydrogens (tertiary/aromatic N) is 3. The molecule has 0 amide bonds. The number of nitriles is 1. The summed E-state index contributed by atoms with van der Waals surface area (Å²) >= 11 is 0. The summed E-state index contributed by atoms with van der Waals surface area (Å²) in [5.74, 6) is -0.192. The molecular formula is C25H25FN4O2S. The monoisotopic (exact) mass is 464 g/mol. The zero-order valence-electron chi connectivity index (χ0n) is 18.8. The molecule has 0 fully saturated rings. The highest BCUT2D eigenvalue weighted by atomic mass is 32.2. The number of sulfonamides is 1. The number of pyridine rings is 1. The van der Waals surface area contributed by atoms with Crippen LogP contribution in [0.15, 0.2) is 71.0 Å². The third-order valence-corrected chi connectivity index (χ3v) is 7.25. The molecule has 0 atom stereocenters. The maximum atomic E-state index is 13.9. The first-order valence-corrected chi connectivity index (χ1v) is 12.2. The van der Waals surface area contributed by atoms with E-state index < -0.39 is 15.9 Å². The summed E-state index contributed by atoms with van der Waals surface area (Å²) in [6.07, 6.45) is 11.4. The molecule has 2 aliphatic rings. The lowest BCUT2D eigenvalue weighted by Gasteiger charge is -2.26. The molecule has 2 aromatic rings. The number of allylic oxidation sites excluding steroid dienone is 10. The number of anilines is 1. The molecule has 0 saturated carbocycles. The molecule has 170 valence electrons. The van der Waals surface area contributed by atoms with Gasteiger partial charge in [-0.05, 0) is 61.1 Å². The van der Waals surface area contributed by atoms with Gasteiger partial charge in [0.2, 0.25) is 0 Å². The van der Waals surface area contributed by atoms with Gasteiger partial charge in [0, 0.05) is 5.57 Å². The second-order valence-electron chi connectivity index (χ2n) is 9.08. The standard InChI is InChI=1S/C25H25FN4O2S/c1-25(2,3)19-9-11-21(12-10-19)33(31,32)29-24-13-8-18(16-27)23-15-22(28-30(23)24)17-6-4-5-7-20(26)14-17/h5-9,11,13-15,29H,4,10,12H2,1-3H3. The zero-order valence-corrected chi connectivity index (χ0v) is 19.6. The van der Waals surface area contributed by atoms with E-state index in [4.69, 9.17) is 0 Å². The molecule has 4 rings (SSSR count). The van der Waals surface area contributed by atoms with E-state index in [1.54, 1.807) is 24.3 Å². The largest absolute Gasteiger partial charge is 0.264 e. The summed E-state index contributed by atoms with van der Waals surface area (Å²) < 4.78 is 44.2. The van der Waals surface area contributed by atoms with Crippen molar-refractivity contribution in [3.8, 4) is 6.07 Å². The Hall–Kier alpha value is -3.44. The average molecular weight is 465 g/mol. The first-order chi connectivity index (χ1) is 15.6. The summed E-state index contributed by atoms with van der Waals surface area (Å²) in [6.45, 7) is 6.32. The summed E-state index contributed by atoms with van der Waals surface area (Å²) in [5.41, 5.74) is 2.97. The van der Waals surface area contributed by atoms with Gasteiger partial charge >= 0.3 is 0 Å². The van der Waals surface area contributed by atoms with Gasteiger partial charge < -0.3 is 0 Å². The minimum atomic E-state index is -3.82. The molecule has 0 radical (unpaired) electrons. The van der Waals surface area contributed by atoms with Gasteiger partial charge in [-0.1, -0.05) is 44.6 Å². The van der Waals surface area contributed by atoms with Crippen molar-refractivity contribution < 1.29 is 12.8 Å². The van der Waals surface area contributed by atoms with Crippen molar-refractivity contribution >= 4 is 26.9 Å². The molecule has 0 bridgehead atoms. The van der Waals surface area contributed by atoms with Crippen molar-refractivity contribution in [1.29, 1.82) is 5.26 Å². The van der Waals surface area contributed by atoms with E-state index in [9.17, 15) is 18.1 Å². The zero-order chi connectivity index (χ0) is 23.8. The fourth-order valence-corrected chi connectivity index (χ4v) is 5.05. The summed E-state index contributed by atoms with van der Waals surface area (Å²) in [7, 11) is -3.82. The molecule has 2 aliphatic carbocycles. The van der Waals surface area contributed by atoms with Crippen molar-refractivity contribution in [1.82, 2.24) is 9.61 Å². The second kappa shape index (κ2) is 8.49. The van der Waals surface area contributed by atoms with Crippen LogP contribution in [0, 0.1) is 16.7 Å². The van der Waals surface area contributed by atoms with Gasteiger partial charge in [0.05, 0.1) is 21.7 Å². The van der Waals surface area contributed by atoms with Gasteiger partial charge in [-0.15, -0.1) is 0 Å². The minimum Gasteiger partial charge on any atom is -0.264 e. The van der Waals surface area contributed by atoms with E-state index in [1.807, 2.05) is 12.2 Å². The number of hydrogen-bond donors (Lipinski definition) is 1. The van der Waals surface area contributed by atoms with Crippen molar-refractivity contribution in [2.75, 3.05) is 4.72 Å². The molecule has 0 spiro atoms. The molecule has 0 unspecified atom stereocenters. The highest BCUT2D eigenvalue weighted by molar-refractivity contribution is 7.96. The summed E-state index contributed by atoms with van der Waals surface area (Å²) in [4.78, 5) is 0.294. The fraction of sp³-hybridized carbons (Fsp3) is 0.280. The number of rotatable bonds is 4. The maximum absolute atomic E-state index is 13.9. The van der Waals surface area contributed by atoms with Crippen LogP contribution >= 0.6 is 0 Å². The number of hydrogen-bond acceptors (Lipinski definition) is 4. The Morgan fingerprint density at radius 3 is 2.67 bits per heavy atom. The molecule has 0 aromatic carbocycles. The number of halogens is 1. The van der Waals surface area contributed by atoms with Gasteiger partial charge in [0.25, 0.3) is 10.0 Å². The second-order valence-corrected chi connectivity index (χ2v) is 10.8. The van der Waals surface area contributed by atoms with Crippen LogP contribution in [-0.4, -0.2) is 18.0 Å². The van der Waals surface area contributed by atoms with Gasteiger partial charge in [0.15, 0.2) is 0 Å². The lowest BCUT2D eigenvalue weighted by molar-refractivity contribution is 0.480. The van der Waals surface area contributed by atoms with Crippen molar-refractivity contribution in [2.45, 2.75) is 40.0 Å². The summed E-state index contributed by atoms with van der Waals surface area (Å²) in [6, 6.07) is 6.82. The average Bonchev–Trinajstić information content (AvgIpc) is 3.10. The predicted octanol–water partition coefficient (Wildman–Crippen LogP) is 5.79. The number of nitrogens with one attached hydrogen (secondary N) is 1. The molecule has 2 heterocycles. The van der Waals surface area contributed by atoms with Crippen LogP contribution in [0.2, 0.25) is 0 Å². The Kier molecular flexibility index (Phi) is 5.85. The number of aromatic nitrogens is 2. The maximum Gasteiger partial charge on any atom is 0.259 e. The van der Waals surface area contributed by atoms with E-state index in [-0.39, 0.29) is 11.2 Å². The molecule has 33 heavy (non-hydrogen) atoms. The molecular weight excluding hydrogens is 439 g/mol. The molecule has 1 N–H and O–H groups in total. The number of fused-ring (bicyclic) bond motifs is 1. The van der Waals surface area contributed by atoms with E-state index in [1.165, 1.54) is 28.3 Å². The fourth-order valence-electron chi connectivity index (χ4n) is 3.87. The highest BCUT2D eigenvalue weighted by Gasteiger charge is 2.25. The Morgan fingerprint density at radius 1 is 1.21 bits per heavy atom. The molecule has 2 aromatic heterocycles. The first-order valence-electron chi connectivity index (χ1n) is 10.7. The van der Waals surface area contributed by atoms with Crippen LogP contribution in [0.3, 0.4) is 0 Å². The normalized spacial score (nSPS) is 16.9. The van der Waals surface area contributed by atoms with Crippen LogP contribution < -0.4 is 4.72 Å². The third kappa shape index (κ3) is 4.69. The van der Waals surface area contributed by atoms with Crippen LogP contribution in [-0.2, 0) is 10.0 Å². The Bertz CT molecular complexity index is 1430. The van der Waals surface area contributed by atoms with Crippen LogP contribution in [0.4, 0.5) is 10.2 Å². The van der Waals surface area contributed by atoms with E-state index in [0.29, 0.717) is 46.5 Å². The molecule has 6 nitrogen and oxygen atoms in total. The smallest absolute Gasteiger partial charge is 0.259 e. The first kappa shape index (κ1) is 22.7. The third-order valence-electron chi connectivity index (χ3n) is 5.74. The van der Waals surface area contributed by atoms with Crippen molar-refractivity contribution in [3.63, 3.8) is 0 Å². The quantitative estimate of drug-likeness (QED) is 0.620. The van der Waals surface area contributed by atoms with E-state index in [0.717, 1.165) is 0 Å². The van der Waals surface area contributed by atoms with E-state index >= 15 is 0 Å². The van der Waals surface area contributed by atoms with Crippen molar-refractivity contribution in [3.05, 3.63) is 82.2 Å². The van der Waals surface area contributed by atoms with E-state index in [2.05, 4.69) is 36.7 Å². The van der Waals surface area contributed by atoms with Crippen LogP contribution in [0.1, 0.15) is 51.3 Å². The Morgan fingerprint density at radius 2 is 2.00 bits per heavy atom. The SMILES string of the molecule is CC(C)(C)C1=CC=C(S(=O)(=O)Nc2ccc(C#N)c3cc(C4=CCC=CC(F)=C4)nn23)CC1. The lowest BCUT2D eigenvalue weighted by atomic mass is 9.82. The highest BCUT2D eigenvalue weighted by Crippen LogP contribution is 2.35. The van der Waals surface area contributed by atoms with Crippen LogP contribution in [0.5, 0.6) is 0 Å². The van der Waals surface area contributed by atoms with Gasteiger partial charge in [-0.3, -0.25) is 4.72 Å². The lowest BCUT2D eigenvalue weighted by Crippen LogP contribution is -2.20. The predicted molar refractivity (Wildman–Crippen MR) is 128 cm³/mol. The Labute approximate surface area is 193 Å². The molecule has 0 aliphatic heterocycles.